The summed E-state index contributed by atoms with van der Waals surface area (Å²) in [7, 11) is 4.06. The Hall–Kier alpha value is -3.86. The molecule has 2 amide bonds. The molecule has 0 radical (unpaired) electrons. The van der Waals surface area contributed by atoms with Gasteiger partial charge in [0.05, 0.1) is 5.57 Å². The molecule has 2 aromatic carbocycles. The van der Waals surface area contributed by atoms with E-state index in [0.29, 0.717) is 16.8 Å². The van der Waals surface area contributed by atoms with Crippen LogP contribution >= 0.6 is 0 Å². The second kappa shape index (κ2) is 11.5. The maximum absolute atomic E-state index is 12.7. The summed E-state index contributed by atoms with van der Waals surface area (Å²) >= 11 is 0. The van der Waals surface area contributed by atoms with Crippen molar-refractivity contribution in [3.05, 3.63) is 64.9 Å². The SMILES string of the molecule is CCCC(Nc1cccc(CN(C)C)c1)=C1C(=O)Nc2cc(C(N)=O)ccc21.O=C(O)C(F)(F)F. The van der Waals surface area contributed by atoms with Gasteiger partial charge in [0.1, 0.15) is 0 Å². The van der Waals surface area contributed by atoms with Crippen molar-refractivity contribution < 1.29 is 32.7 Å². The number of primary amides is 1. The number of carbonyl (C=O) groups is 3. The molecule has 8 nitrogen and oxygen atoms in total. The van der Waals surface area contributed by atoms with E-state index in [0.717, 1.165) is 36.3 Å². The van der Waals surface area contributed by atoms with Crippen LogP contribution in [0.15, 0.2) is 48.2 Å². The number of hydrogen-bond donors (Lipinski definition) is 4. The lowest BCUT2D eigenvalue weighted by Crippen LogP contribution is -2.21. The van der Waals surface area contributed by atoms with Crippen molar-refractivity contribution in [1.82, 2.24) is 4.90 Å². The van der Waals surface area contributed by atoms with E-state index in [9.17, 15) is 22.8 Å². The zero-order valence-electron chi connectivity index (χ0n) is 19.5. The number of halogens is 3. The lowest BCUT2D eigenvalue weighted by Gasteiger charge is -2.15. The van der Waals surface area contributed by atoms with Gasteiger partial charge in [-0.1, -0.05) is 31.5 Å². The maximum Gasteiger partial charge on any atom is 0.490 e. The molecule has 0 fully saturated rings. The summed E-state index contributed by atoms with van der Waals surface area (Å²) in [5.41, 5.74) is 10.8. The molecule has 3 rings (SSSR count). The molecule has 5 N–H and O–H groups in total. The third-order valence-corrected chi connectivity index (χ3v) is 4.81. The highest BCUT2D eigenvalue weighted by atomic mass is 19.4. The Morgan fingerprint density at radius 3 is 2.34 bits per heavy atom. The summed E-state index contributed by atoms with van der Waals surface area (Å²) in [6.07, 6.45) is -3.46. The van der Waals surface area contributed by atoms with Crippen molar-refractivity contribution in [3.63, 3.8) is 0 Å². The van der Waals surface area contributed by atoms with Gasteiger partial charge in [-0.05, 0) is 50.3 Å². The van der Waals surface area contributed by atoms with E-state index in [4.69, 9.17) is 15.6 Å². The lowest BCUT2D eigenvalue weighted by atomic mass is 10.0. The molecular weight excluding hydrogens is 465 g/mol. The standard InChI is InChI=1S/C22H26N4O2.C2HF3O2/c1-4-6-18(24-16-8-5-7-14(11-16)13-26(2)3)20-17-10-9-15(21(23)27)12-19(17)25-22(20)28;3-2(4,5)1(6)7/h5,7-12,24H,4,6,13H2,1-3H3,(H2,23,27)(H,25,28);(H,6,7). The van der Waals surface area contributed by atoms with Crippen LogP contribution in [0.25, 0.3) is 5.57 Å². The normalized spacial score (nSPS) is 14.0. The van der Waals surface area contributed by atoms with Crippen LogP contribution in [0.3, 0.4) is 0 Å². The number of amides is 2. The third kappa shape index (κ3) is 7.57. The van der Waals surface area contributed by atoms with Crippen LogP contribution in [0, 0.1) is 0 Å². The first kappa shape index (κ1) is 27.4. The topological polar surface area (TPSA) is 125 Å². The number of benzene rings is 2. The Balaban J connectivity index is 0.000000540. The minimum atomic E-state index is -5.08. The van der Waals surface area contributed by atoms with E-state index >= 15 is 0 Å². The van der Waals surface area contributed by atoms with Crippen LogP contribution in [-0.2, 0) is 16.1 Å². The molecule has 1 aliphatic heterocycles. The van der Waals surface area contributed by atoms with Crippen LogP contribution < -0.4 is 16.4 Å². The van der Waals surface area contributed by atoms with Gasteiger partial charge < -0.3 is 26.4 Å². The van der Waals surface area contributed by atoms with E-state index in [2.05, 4.69) is 34.6 Å². The molecule has 0 bridgehead atoms. The number of rotatable bonds is 7. The molecule has 0 atom stereocenters. The van der Waals surface area contributed by atoms with Gasteiger partial charge in [0, 0.05) is 34.7 Å². The number of hydrogen-bond acceptors (Lipinski definition) is 5. The Morgan fingerprint density at radius 2 is 1.80 bits per heavy atom. The smallest absolute Gasteiger partial charge is 0.475 e. The number of allylic oxidation sites excluding steroid dienone is 1. The molecule has 0 unspecified atom stereocenters. The number of aliphatic carboxylic acids is 1. The summed E-state index contributed by atoms with van der Waals surface area (Å²) in [5, 5.41) is 13.4. The van der Waals surface area contributed by atoms with Crippen molar-refractivity contribution in [2.75, 3.05) is 24.7 Å². The summed E-state index contributed by atoms with van der Waals surface area (Å²) in [6.45, 7) is 2.92. The molecule has 1 aliphatic rings. The first-order valence-corrected chi connectivity index (χ1v) is 10.6. The molecule has 0 saturated heterocycles. The van der Waals surface area contributed by atoms with Gasteiger partial charge in [0.2, 0.25) is 5.91 Å². The van der Waals surface area contributed by atoms with E-state index in [1.807, 2.05) is 26.2 Å². The number of nitrogens with zero attached hydrogens (tertiary/aromatic N) is 1. The molecule has 0 spiro atoms. The maximum atomic E-state index is 12.7. The second-order valence-corrected chi connectivity index (χ2v) is 8.05. The predicted octanol–water partition coefficient (Wildman–Crippen LogP) is 4.06. The molecule has 1 heterocycles. The van der Waals surface area contributed by atoms with Gasteiger partial charge in [0.25, 0.3) is 5.91 Å². The van der Waals surface area contributed by atoms with Crippen LogP contribution in [0.5, 0.6) is 0 Å². The summed E-state index contributed by atoms with van der Waals surface area (Å²) < 4.78 is 31.7. The van der Waals surface area contributed by atoms with Gasteiger partial charge >= 0.3 is 12.1 Å². The van der Waals surface area contributed by atoms with E-state index < -0.39 is 18.1 Å². The fourth-order valence-electron chi connectivity index (χ4n) is 3.41. The number of fused-ring (bicyclic) bond motifs is 1. The predicted molar refractivity (Wildman–Crippen MR) is 127 cm³/mol. The quantitative estimate of drug-likeness (QED) is 0.432. The Bertz CT molecular complexity index is 1140. The van der Waals surface area contributed by atoms with Crippen LogP contribution in [0.4, 0.5) is 24.5 Å². The van der Waals surface area contributed by atoms with Gasteiger partial charge in [-0.15, -0.1) is 0 Å². The summed E-state index contributed by atoms with van der Waals surface area (Å²) in [6, 6.07) is 13.3. The van der Waals surface area contributed by atoms with Crippen molar-refractivity contribution in [2.45, 2.75) is 32.5 Å². The largest absolute Gasteiger partial charge is 0.490 e. The molecule has 35 heavy (non-hydrogen) atoms. The molecule has 0 aromatic heterocycles. The minimum Gasteiger partial charge on any atom is -0.475 e. The minimum absolute atomic E-state index is 0.169. The van der Waals surface area contributed by atoms with Gasteiger partial charge in [0.15, 0.2) is 0 Å². The molecule has 0 saturated carbocycles. The summed E-state index contributed by atoms with van der Waals surface area (Å²) in [4.78, 5) is 35.1. The molecule has 2 aromatic rings. The number of anilines is 2. The van der Waals surface area contributed by atoms with Crippen LogP contribution in [0.1, 0.15) is 41.3 Å². The van der Waals surface area contributed by atoms with Crippen molar-refractivity contribution in [3.8, 4) is 0 Å². The van der Waals surface area contributed by atoms with E-state index in [-0.39, 0.29) is 5.91 Å². The van der Waals surface area contributed by atoms with Crippen LogP contribution in [-0.4, -0.2) is 48.1 Å². The number of nitrogens with two attached hydrogens (primary N) is 1. The van der Waals surface area contributed by atoms with Gasteiger partial charge in [-0.25, -0.2) is 4.79 Å². The highest BCUT2D eigenvalue weighted by Crippen LogP contribution is 2.36. The van der Waals surface area contributed by atoms with Crippen molar-refractivity contribution >= 4 is 34.7 Å². The highest BCUT2D eigenvalue weighted by molar-refractivity contribution is 6.32. The molecule has 188 valence electrons. The van der Waals surface area contributed by atoms with E-state index in [1.54, 1.807) is 18.2 Å². The number of carboxylic acid groups (broad SMARTS) is 1. The first-order chi connectivity index (χ1) is 16.3. The fraction of sp³-hybridized carbons (Fsp3) is 0.292. The van der Waals surface area contributed by atoms with Crippen molar-refractivity contribution in [1.29, 1.82) is 0 Å². The average molecular weight is 492 g/mol. The number of nitrogens with one attached hydrogen (secondary N) is 2. The highest BCUT2D eigenvalue weighted by Gasteiger charge is 2.38. The van der Waals surface area contributed by atoms with Crippen molar-refractivity contribution in [2.24, 2.45) is 5.73 Å². The van der Waals surface area contributed by atoms with E-state index in [1.165, 1.54) is 5.56 Å². The first-order valence-electron chi connectivity index (χ1n) is 10.6. The zero-order chi connectivity index (χ0) is 26.3. The molecule has 11 heteroatoms. The monoisotopic (exact) mass is 492 g/mol. The van der Waals surface area contributed by atoms with Gasteiger partial charge in [-0.3, -0.25) is 9.59 Å². The average Bonchev–Trinajstić information content (AvgIpc) is 3.07. The molecule has 0 aliphatic carbocycles. The number of carboxylic acids is 1. The number of carbonyl (C=O) groups excluding carboxylic acids is 2. The zero-order valence-corrected chi connectivity index (χ0v) is 19.5. The lowest BCUT2D eigenvalue weighted by molar-refractivity contribution is -0.192. The Kier molecular flexibility index (Phi) is 9.01. The third-order valence-electron chi connectivity index (χ3n) is 4.81. The molecular formula is C24H27F3N4O4. The Labute approximate surface area is 200 Å². The number of alkyl halides is 3. The second-order valence-electron chi connectivity index (χ2n) is 8.05. The van der Waals surface area contributed by atoms with Gasteiger partial charge in [-0.2, -0.15) is 13.2 Å². The summed E-state index contributed by atoms with van der Waals surface area (Å²) in [5.74, 6) is -3.44. The Morgan fingerprint density at radius 1 is 1.14 bits per heavy atom. The fourth-order valence-corrected chi connectivity index (χ4v) is 3.41. The van der Waals surface area contributed by atoms with Crippen LogP contribution in [0.2, 0.25) is 0 Å².